The zero-order valence-electron chi connectivity index (χ0n) is 20.4. The van der Waals surface area contributed by atoms with Gasteiger partial charge in [-0.05, 0) is 43.7 Å². The largest absolute Gasteiger partial charge is 0.469 e. The van der Waals surface area contributed by atoms with Gasteiger partial charge in [-0.3, -0.25) is 4.79 Å². The number of halogens is 2. The average Bonchev–Trinajstić information content (AvgIpc) is 3.36. The molecule has 8 heteroatoms. The van der Waals surface area contributed by atoms with Crippen LogP contribution in [0.4, 0.5) is 8.78 Å². The maximum Gasteiger partial charge on any atom is 0.305 e. The molecule has 0 amide bonds. The van der Waals surface area contributed by atoms with Crippen LogP contribution in [0.25, 0.3) is 33.3 Å². The van der Waals surface area contributed by atoms with Crippen molar-refractivity contribution in [2.75, 3.05) is 7.11 Å². The summed E-state index contributed by atoms with van der Waals surface area (Å²) in [4.78, 5) is 24.7. The van der Waals surface area contributed by atoms with Crippen LogP contribution in [-0.4, -0.2) is 32.6 Å². The number of carbonyl (C=O) groups is 1. The van der Waals surface area contributed by atoms with Crippen LogP contribution in [0.5, 0.6) is 0 Å². The number of benzene rings is 1. The van der Waals surface area contributed by atoms with E-state index in [1.165, 1.54) is 13.2 Å². The Balaban J connectivity index is 1.92. The predicted octanol–water partition coefficient (Wildman–Crippen LogP) is 6.21. The number of aromatic amines is 1. The van der Waals surface area contributed by atoms with Gasteiger partial charge in [-0.25, -0.2) is 18.7 Å². The van der Waals surface area contributed by atoms with Crippen molar-refractivity contribution in [3.05, 3.63) is 47.9 Å². The van der Waals surface area contributed by atoms with Gasteiger partial charge in [0.1, 0.15) is 17.3 Å². The molecule has 4 aromatic rings. The second kappa shape index (κ2) is 8.81. The number of H-pyrrole nitrogens is 1. The van der Waals surface area contributed by atoms with Crippen molar-refractivity contribution in [3.8, 4) is 11.4 Å². The second-order valence-corrected chi connectivity index (χ2v) is 10.1. The van der Waals surface area contributed by atoms with Gasteiger partial charge in [0.25, 0.3) is 0 Å². The second-order valence-electron chi connectivity index (χ2n) is 10.1. The first kappa shape index (κ1) is 23.9. The summed E-state index contributed by atoms with van der Waals surface area (Å²) in [6, 6.07) is 4.28. The molecule has 180 valence electrons. The lowest BCUT2D eigenvalue weighted by molar-refractivity contribution is -0.142. The Morgan fingerprint density at radius 2 is 1.91 bits per heavy atom. The monoisotopic (exact) mass is 468 g/mol. The lowest BCUT2D eigenvalue weighted by Crippen LogP contribution is -2.26. The predicted molar refractivity (Wildman–Crippen MR) is 128 cm³/mol. The van der Waals surface area contributed by atoms with Gasteiger partial charge in [-0.2, -0.15) is 0 Å². The number of nitrogens with one attached hydrogen (secondary N) is 1. The van der Waals surface area contributed by atoms with Gasteiger partial charge in [0.15, 0.2) is 5.82 Å². The maximum atomic E-state index is 14.3. The summed E-state index contributed by atoms with van der Waals surface area (Å²) in [6.45, 7) is 10.4. The minimum Gasteiger partial charge on any atom is -0.469 e. The first-order valence-electron chi connectivity index (χ1n) is 11.4. The molecule has 0 radical (unpaired) electrons. The minimum atomic E-state index is -0.668. The lowest BCUT2D eigenvalue weighted by atomic mass is 9.76. The number of fused-ring (bicyclic) bond motifs is 2. The number of hydrogen-bond acceptors (Lipinski definition) is 4. The molecule has 3 heterocycles. The van der Waals surface area contributed by atoms with E-state index in [9.17, 15) is 13.6 Å². The van der Waals surface area contributed by atoms with Gasteiger partial charge in [0.2, 0.25) is 0 Å². The van der Waals surface area contributed by atoms with Crippen LogP contribution >= 0.6 is 0 Å². The van der Waals surface area contributed by atoms with Crippen LogP contribution in [0.3, 0.4) is 0 Å². The molecule has 1 N–H and O–H groups in total. The molecule has 0 unspecified atom stereocenters. The molecule has 1 aromatic carbocycles. The molecule has 34 heavy (non-hydrogen) atoms. The van der Waals surface area contributed by atoms with Gasteiger partial charge < -0.3 is 14.3 Å². The topological polar surface area (TPSA) is 72.8 Å². The SMILES string of the molecule is COC(=O)C[C@@H](Cc1nc(-c2c[nH]c3c(F)cc(F)cc23)nc2c1ccn2C(C)C)C(C)(C)C. The molecule has 6 nitrogen and oxygen atoms in total. The molecule has 0 aliphatic heterocycles. The van der Waals surface area contributed by atoms with Crippen LogP contribution in [0.1, 0.15) is 52.8 Å². The number of carbonyl (C=O) groups excluding carboxylic acids is 1. The zero-order chi connectivity index (χ0) is 24.8. The van der Waals surface area contributed by atoms with Gasteiger partial charge in [0.05, 0.1) is 18.3 Å². The smallest absolute Gasteiger partial charge is 0.305 e. The van der Waals surface area contributed by atoms with E-state index in [-0.39, 0.29) is 35.3 Å². The van der Waals surface area contributed by atoms with Crippen LogP contribution in [-0.2, 0) is 16.0 Å². The van der Waals surface area contributed by atoms with Crippen LogP contribution in [0, 0.1) is 23.0 Å². The fourth-order valence-electron chi connectivity index (χ4n) is 4.33. The highest BCUT2D eigenvalue weighted by atomic mass is 19.1. The summed E-state index contributed by atoms with van der Waals surface area (Å²) in [5.74, 6) is -1.26. The Hall–Kier alpha value is -3.29. The average molecular weight is 469 g/mol. The first-order valence-corrected chi connectivity index (χ1v) is 11.4. The first-order chi connectivity index (χ1) is 16.0. The van der Waals surface area contributed by atoms with Crippen molar-refractivity contribution >= 4 is 27.9 Å². The van der Waals surface area contributed by atoms with E-state index in [4.69, 9.17) is 14.7 Å². The Morgan fingerprint density at radius 3 is 2.56 bits per heavy atom. The van der Waals surface area contributed by atoms with E-state index in [2.05, 4.69) is 39.6 Å². The molecule has 0 fully saturated rings. The Morgan fingerprint density at radius 1 is 1.18 bits per heavy atom. The highest BCUT2D eigenvalue weighted by Crippen LogP contribution is 2.36. The van der Waals surface area contributed by atoms with Crippen LogP contribution < -0.4 is 0 Å². The standard InChI is InChI=1S/C26H30F2N4O2/c1-14(2)32-8-7-17-21(9-15(26(3,4)5)10-22(33)34-6)30-24(31-25(17)32)19-13-29-23-18(19)11-16(27)12-20(23)28/h7-8,11-15,29H,9-10H2,1-6H3/t15-/m1/s1. The number of ether oxygens (including phenoxy) is 1. The third-order valence-corrected chi connectivity index (χ3v) is 6.46. The summed E-state index contributed by atoms with van der Waals surface area (Å²) in [5.41, 5.74) is 2.08. The van der Waals surface area contributed by atoms with E-state index in [1.807, 2.05) is 16.8 Å². The molecular formula is C26H30F2N4O2. The Bertz CT molecular complexity index is 1360. The number of rotatable bonds is 6. The molecule has 0 saturated carbocycles. The van der Waals surface area contributed by atoms with Crippen molar-refractivity contribution in [2.24, 2.45) is 11.3 Å². The van der Waals surface area contributed by atoms with Crippen molar-refractivity contribution in [3.63, 3.8) is 0 Å². The van der Waals surface area contributed by atoms with Crippen molar-refractivity contribution < 1.29 is 18.3 Å². The molecule has 0 bridgehead atoms. The summed E-state index contributed by atoms with van der Waals surface area (Å²) < 4.78 is 35.4. The number of hydrogen-bond donors (Lipinski definition) is 1. The van der Waals surface area contributed by atoms with Crippen molar-refractivity contribution in [1.29, 1.82) is 0 Å². The third kappa shape index (κ3) is 4.41. The third-order valence-electron chi connectivity index (χ3n) is 6.46. The number of methoxy groups -OCH3 is 1. The molecular weight excluding hydrogens is 438 g/mol. The molecule has 0 aliphatic carbocycles. The summed E-state index contributed by atoms with van der Waals surface area (Å²) in [7, 11) is 1.39. The lowest BCUT2D eigenvalue weighted by Gasteiger charge is -2.30. The van der Waals surface area contributed by atoms with E-state index in [1.54, 1.807) is 6.20 Å². The van der Waals surface area contributed by atoms with Gasteiger partial charge in [-0.15, -0.1) is 0 Å². The fourth-order valence-corrected chi connectivity index (χ4v) is 4.33. The fraction of sp³-hybridized carbons (Fsp3) is 0.423. The van der Waals surface area contributed by atoms with Crippen molar-refractivity contribution in [1.82, 2.24) is 19.5 Å². The summed E-state index contributed by atoms with van der Waals surface area (Å²) in [6.07, 6.45) is 4.36. The summed E-state index contributed by atoms with van der Waals surface area (Å²) >= 11 is 0. The number of nitrogens with zero attached hydrogens (tertiary/aromatic N) is 3. The zero-order valence-corrected chi connectivity index (χ0v) is 20.4. The normalized spacial score (nSPS) is 13.2. The van der Waals surface area contributed by atoms with E-state index >= 15 is 0 Å². The quantitative estimate of drug-likeness (QED) is 0.342. The highest BCUT2D eigenvalue weighted by molar-refractivity contribution is 5.95. The van der Waals surface area contributed by atoms with E-state index < -0.39 is 11.6 Å². The van der Waals surface area contributed by atoms with Gasteiger partial charge in [0, 0.05) is 47.3 Å². The minimum absolute atomic E-state index is 0.0360. The van der Waals surface area contributed by atoms with Gasteiger partial charge >= 0.3 is 5.97 Å². The summed E-state index contributed by atoms with van der Waals surface area (Å²) in [5, 5.41) is 1.28. The molecule has 0 saturated heterocycles. The van der Waals surface area contributed by atoms with Gasteiger partial charge in [-0.1, -0.05) is 20.8 Å². The Kier molecular flexibility index (Phi) is 6.18. The van der Waals surface area contributed by atoms with E-state index in [0.29, 0.717) is 23.2 Å². The number of aromatic nitrogens is 4. The maximum absolute atomic E-state index is 14.3. The Labute approximate surface area is 197 Å². The molecule has 0 spiro atoms. The molecule has 0 aliphatic rings. The highest BCUT2D eigenvalue weighted by Gasteiger charge is 2.29. The number of esters is 1. The van der Waals surface area contributed by atoms with Crippen LogP contribution in [0.2, 0.25) is 0 Å². The molecule has 4 rings (SSSR count). The van der Waals surface area contributed by atoms with E-state index in [0.717, 1.165) is 22.8 Å². The van der Waals surface area contributed by atoms with Crippen molar-refractivity contribution in [2.45, 2.75) is 53.5 Å². The molecule has 1 atom stereocenters. The molecule has 3 aromatic heterocycles. The van der Waals surface area contributed by atoms with Crippen LogP contribution in [0.15, 0.2) is 30.6 Å².